The Morgan fingerprint density at radius 3 is 2.50 bits per heavy atom. The lowest BCUT2D eigenvalue weighted by atomic mass is 10.1. The van der Waals surface area contributed by atoms with Crippen molar-refractivity contribution in [3.05, 3.63) is 29.6 Å². The molecule has 0 saturated carbocycles. The number of nitrogens with one attached hydrogen (secondary N) is 1. The van der Waals surface area contributed by atoms with Crippen LogP contribution in [0.5, 0.6) is 0 Å². The monoisotopic (exact) mass is 236 g/mol. The number of alkyl halides is 3. The second kappa shape index (κ2) is 4.69. The Morgan fingerprint density at radius 1 is 1.38 bits per heavy atom. The van der Waals surface area contributed by atoms with Crippen LogP contribution in [0.4, 0.5) is 23.2 Å². The summed E-state index contributed by atoms with van der Waals surface area (Å²) in [5, 5.41) is 2.57. The number of halogens is 4. The topological polar surface area (TPSA) is 38.0 Å². The molecule has 1 aromatic rings. The van der Waals surface area contributed by atoms with Gasteiger partial charge in [0.2, 0.25) is 0 Å². The molecule has 90 valence electrons. The molecule has 0 aromatic heterocycles. The van der Waals surface area contributed by atoms with Gasteiger partial charge in [0.15, 0.2) is 0 Å². The molecule has 16 heavy (non-hydrogen) atoms. The lowest BCUT2D eigenvalue weighted by molar-refractivity contribution is -0.137. The molecule has 0 aliphatic rings. The Hall–Kier alpha value is -1.30. The van der Waals surface area contributed by atoms with E-state index in [0.29, 0.717) is 6.07 Å². The number of rotatable bonds is 3. The summed E-state index contributed by atoms with van der Waals surface area (Å²) >= 11 is 0. The third-order valence-corrected chi connectivity index (χ3v) is 2.05. The molecule has 0 radical (unpaired) electrons. The average Bonchev–Trinajstić information content (AvgIpc) is 2.19. The second-order valence-electron chi connectivity index (χ2n) is 3.47. The third kappa shape index (κ3) is 3.10. The molecule has 2 nitrogen and oxygen atoms in total. The van der Waals surface area contributed by atoms with E-state index >= 15 is 0 Å². The van der Waals surface area contributed by atoms with Crippen LogP contribution in [0.25, 0.3) is 0 Å². The van der Waals surface area contributed by atoms with Crippen LogP contribution in [-0.2, 0) is 6.18 Å². The number of anilines is 1. The average molecular weight is 236 g/mol. The highest BCUT2D eigenvalue weighted by Crippen LogP contribution is 2.31. The molecule has 0 spiro atoms. The number of hydrogen-bond donors (Lipinski definition) is 2. The molecular formula is C10H12F4N2. The maximum atomic E-state index is 13.2. The van der Waals surface area contributed by atoms with Gasteiger partial charge in [-0.15, -0.1) is 0 Å². The molecule has 1 unspecified atom stereocenters. The van der Waals surface area contributed by atoms with Crippen LogP contribution in [-0.4, -0.2) is 12.6 Å². The van der Waals surface area contributed by atoms with Gasteiger partial charge in [0, 0.05) is 12.6 Å². The van der Waals surface area contributed by atoms with E-state index in [1.807, 2.05) is 0 Å². The van der Waals surface area contributed by atoms with Gasteiger partial charge in [-0.3, -0.25) is 0 Å². The zero-order chi connectivity index (χ0) is 12.3. The van der Waals surface area contributed by atoms with Crippen LogP contribution in [0, 0.1) is 5.82 Å². The van der Waals surface area contributed by atoms with Gasteiger partial charge in [0.05, 0.1) is 11.3 Å². The number of benzene rings is 1. The zero-order valence-electron chi connectivity index (χ0n) is 8.61. The summed E-state index contributed by atoms with van der Waals surface area (Å²) in [5.41, 5.74) is 4.21. The predicted octanol–water partition coefficient (Wildman–Crippen LogP) is 2.60. The lowest BCUT2D eigenvalue weighted by Crippen LogP contribution is -2.25. The summed E-state index contributed by atoms with van der Waals surface area (Å²) in [6.45, 7) is 1.86. The van der Waals surface area contributed by atoms with Crippen molar-refractivity contribution in [3.63, 3.8) is 0 Å². The molecule has 0 amide bonds. The Bertz CT molecular complexity index is 362. The normalized spacial score (nSPS) is 13.6. The van der Waals surface area contributed by atoms with Crippen molar-refractivity contribution in [2.24, 2.45) is 5.73 Å². The van der Waals surface area contributed by atoms with E-state index in [1.54, 1.807) is 6.92 Å². The molecule has 1 rings (SSSR count). The third-order valence-electron chi connectivity index (χ3n) is 2.05. The fourth-order valence-corrected chi connectivity index (χ4v) is 1.14. The van der Waals surface area contributed by atoms with E-state index < -0.39 is 17.6 Å². The van der Waals surface area contributed by atoms with Crippen molar-refractivity contribution in [3.8, 4) is 0 Å². The van der Waals surface area contributed by atoms with Crippen molar-refractivity contribution >= 4 is 5.69 Å². The van der Waals surface area contributed by atoms with Gasteiger partial charge in [-0.2, -0.15) is 13.2 Å². The van der Waals surface area contributed by atoms with E-state index in [1.165, 1.54) is 0 Å². The van der Waals surface area contributed by atoms with Crippen LogP contribution in [0.3, 0.4) is 0 Å². The minimum Gasteiger partial charge on any atom is -0.379 e. The fourth-order valence-electron chi connectivity index (χ4n) is 1.14. The highest BCUT2D eigenvalue weighted by Gasteiger charge is 2.31. The first-order chi connectivity index (χ1) is 7.34. The highest BCUT2D eigenvalue weighted by molar-refractivity contribution is 5.48. The Labute approximate surface area is 90.4 Å². The van der Waals surface area contributed by atoms with E-state index in [0.717, 1.165) is 12.1 Å². The summed E-state index contributed by atoms with van der Waals surface area (Å²) in [6.07, 6.45) is -4.48. The molecule has 0 heterocycles. The fraction of sp³-hybridized carbons (Fsp3) is 0.400. The Kier molecular flexibility index (Phi) is 3.74. The van der Waals surface area contributed by atoms with Gasteiger partial charge in [-0.05, 0) is 25.1 Å². The van der Waals surface area contributed by atoms with Gasteiger partial charge in [0.25, 0.3) is 0 Å². The van der Waals surface area contributed by atoms with Gasteiger partial charge in [-0.1, -0.05) is 0 Å². The first kappa shape index (κ1) is 12.8. The van der Waals surface area contributed by atoms with Gasteiger partial charge in [-0.25, -0.2) is 4.39 Å². The van der Waals surface area contributed by atoms with Crippen LogP contribution in [0.2, 0.25) is 0 Å². The summed E-state index contributed by atoms with van der Waals surface area (Å²) in [6, 6.07) is 1.93. The van der Waals surface area contributed by atoms with Crippen molar-refractivity contribution in [2.75, 3.05) is 11.9 Å². The first-order valence-electron chi connectivity index (χ1n) is 4.68. The molecule has 1 atom stereocenters. The zero-order valence-corrected chi connectivity index (χ0v) is 8.61. The molecule has 0 bridgehead atoms. The number of nitrogens with two attached hydrogens (primary N) is 1. The van der Waals surface area contributed by atoms with Crippen molar-refractivity contribution < 1.29 is 17.6 Å². The molecular weight excluding hydrogens is 224 g/mol. The maximum absolute atomic E-state index is 13.2. The highest BCUT2D eigenvalue weighted by atomic mass is 19.4. The largest absolute Gasteiger partial charge is 0.416 e. The summed E-state index contributed by atoms with van der Waals surface area (Å²) in [4.78, 5) is 0. The molecule has 0 aliphatic heterocycles. The van der Waals surface area contributed by atoms with Crippen molar-refractivity contribution in [1.29, 1.82) is 0 Å². The SMILES string of the molecule is CC(CN)Nc1cc(C(F)(F)F)ccc1F. The van der Waals surface area contributed by atoms with Crippen molar-refractivity contribution in [2.45, 2.75) is 19.1 Å². The van der Waals surface area contributed by atoms with E-state index in [-0.39, 0.29) is 18.3 Å². The van der Waals surface area contributed by atoms with Gasteiger partial charge >= 0.3 is 6.18 Å². The Morgan fingerprint density at radius 2 is 2.00 bits per heavy atom. The molecule has 0 saturated heterocycles. The van der Waals surface area contributed by atoms with Crippen LogP contribution in [0.1, 0.15) is 12.5 Å². The van der Waals surface area contributed by atoms with Crippen LogP contribution in [0.15, 0.2) is 18.2 Å². The van der Waals surface area contributed by atoms with Gasteiger partial charge < -0.3 is 11.1 Å². The Balaban J connectivity index is 3.00. The molecule has 0 fully saturated rings. The molecule has 3 N–H and O–H groups in total. The second-order valence-corrected chi connectivity index (χ2v) is 3.47. The quantitative estimate of drug-likeness (QED) is 0.791. The van der Waals surface area contributed by atoms with Crippen LogP contribution >= 0.6 is 0 Å². The van der Waals surface area contributed by atoms with E-state index in [9.17, 15) is 17.6 Å². The maximum Gasteiger partial charge on any atom is 0.416 e. The lowest BCUT2D eigenvalue weighted by Gasteiger charge is -2.15. The molecule has 6 heteroatoms. The molecule has 1 aromatic carbocycles. The standard InChI is InChI=1S/C10H12F4N2/c1-6(5-15)16-9-4-7(10(12,13)14)2-3-8(9)11/h2-4,6,16H,5,15H2,1H3. The van der Waals surface area contributed by atoms with Crippen molar-refractivity contribution in [1.82, 2.24) is 0 Å². The summed E-state index contributed by atoms with van der Waals surface area (Å²) < 4.78 is 50.2. The van der Waals surface area contributed by atoms with Crippen LogP contribution < -0.4 is 11.1 Å². The van der Waals surface area contributed by atoms with Gasteiger partial charge in [0.1, 0.15) is 5.82 Å². The summed E-state index contributed by atoms with van der Waals surface area (Å²) in [7, 11) is 0. The van der Waals surface area contributed by atoms with E-state index in [2.05, 4.69) is 5.32 Å². The van der Waals surface area contributed by atoms with E-state index in [4.69, 9.17) is 5.73 Å². The smallest absolute Gasteiger partial charge is 0.379 e. The molecule has 0 aliphatic carbocycles. The minimum absolute atomic E-state index is 0.187. The first-order valence-corrected chi connectivity index (χ1v) is 4.68. The summed E-state index contributed by atoms with van der Waals surface area (Å²) in [5.74, 6) is -0.728. The predicted molar refractivity (Wildman–Crippen MR) is 53.5 cm³/mol. The number of hydrogen-bond acceptors (Lipinski definition) is 2. The minimum atomic E-state index is -4.48.